The van der Waals surface area contributed by atoms with Crippen LogP contribution in [0.25, 0.3) is 0 Å². The van der Waals surface area contributed by atoms with Crippen LogP contribution in [0.1, 0.15) is 67.2 Å². The van der Waals surface area contributed by atoms with Gasteiger partial charge in [-0.2, -0.15) is 0 Å². The molecule has 7 nitrogen and oxygen atoms in total. The van der Waals surface area contributed by atoms with E-state index in [-0.39, 0.29) is 5.92 Å². The van der Waals surface area contributed by atoms with Crippen LogP contribution >= 0.6 is 0 Å². The first-order chi connectivity index (χ1) is 14.4. The Morgan fingerprint density at radius 1 is 1.13 bits per heavy atom. The summed E-state index contributed by atoms with van der Waals surface area (Å²) in [4.78, 5) is 36.3. The Balaban J connectivity index is 2.21. The Hall–Kier alpha value is -2.41. The van der Waals surface area contributed by atoms with Gasteiger partial charge >= 0.3 is 17.9 Å². The molecule has 0 unspecified atom stereocenters. The maximum Gasteiger partial charge on any atom is 0.336 e. The van der Waals surface area contributed by atoms with E-state index in [1.165, 1.54) is 13.8 Å². The molecule has 0 bridgehead atoms. The lowest BCUT2D eigenvalue weighted by Crippen LogP contribution is -2.54. The van der Waals surface area contributed by atoms with Crippen molar-refractivity contribution in [2.24, 2.45) is 11.3 Å². The summed E-state index contributed by atoms with van der Waals surface area (Å²) in [7, 11) is 0. The van der Waals surface area contributed by atoms with Crippen LogP contribution in [-0.4, -0.2) is 41.0 Å². The minimum absolute atomic E-state index is 0.243. The average Bonchev–Trinajstić information content (AvgIpc) is 2.85. The van der Waals surface area contributed by atoms with Crippen LogP contribution in [0.3, 0.4) is 0 Å². The highest BCUT2D eigenvalue weighted by atomic mass is 16.7. The van der Waals surface area contributed by atoms with Crippen LogP contribution < -0.4 is 0 Å². The highest BCUT2D eigenvalue weighted by molar-refractivity contribution is 5.92. The van der Waals surface area contributed by atoms with Crippen LogP contribution in [-0.2, 0) is 28.6 Å². The van der Waals surface area contributed by atoms with Gasteiger partial charge in [0.05, 0.1) is 0 Å². The van der Waals surface area contributed by atoms with Crippen molar-refractivity contribution in [3.8, 4) is 0 Å². The third-order valence-corrected chi connectivity index (χ3v) is 7.05. The molecule has 5 atom stereocenters. The monoisotopic (exact) mass is 432 g/mol. The molecule has 31 heavy (non-hydrogen) atoms. The van der Waals surface area contributed by atoms with Crippen LogP contribution in [0.4, 0.5) is 0 Å². The molecule has 0 saturated carbocycles. The van der Waals surface area contributed by atoms with E-state index >= 15 is 0 Å². The largest absolute Gasteiger partial charge is 0.462 e. The van der Waals surface area contributed by atoms with E-state index in [4.69, 9.17) is 14.2 Å². The molecule has 0 radical (unpaired) electrons. The quantitative estimate of drug-likeness (QED) is 0.405. The summed E-state index contributed by atoms with van der Waals surface area (Å²) in [6.07, 6.45) is 4.38. The number of esters is 3. The molecule has 3 aliphatic rings. The van der Waals surface area contributed by atoms with Crippen molar-refractivity contribution in [2.75, 3.05) is 0 Å². The van der Waals surface area contributed by atoms with E-state index < -0.39 is 41.3 Å². The third kappa shape index (κ3) is 4.20. The Morgan fingerprint density at radius 2 is 1.74 bits per heavy atom. The zero-order valence-corrected chi connectivity index (χ0v) is 19.1. The van der Waals surface area contributed by atoms with Crippen molar-refractivity contribution < 1.29 is 33.7 Å². The SMILES string of the molecule is CC(=O)O[C@@H]1CC=C(C)[C@H]2CC3=C(C)C(=O)O[C@@]3(O)/C=C(/C)CC[C@@H](OC(C)=O)[C@@]21C. The molecule has 0 aromatic rings. The standard InChI is InChI=1S/C24H32O7/c1-13-7-9-20(29-16(4)25)23(6)18(14(2)8-10-21(23)30-17(5)26)11-19-15(3)22(27)31-24(19,28)12-13/h8,12,18,20-21,28H,7,9-11H2,1-6H3/b13-12-/t18-,20-,21-,23-,24+/m1/s1. The zero-order chi connectivity index (χ0) is 23.1. The summed E-state index contributed by atoms with van der Waals surface area (Å²) >= 11 is 0. The second-order valence-electron chi connectivity index (χ2n) is 9.22. The molecule has 0 saturated heterocycles. The van der Waals surface area contributed by atoms with Crippen LogP contribution in [0, 0.1) is 11.3 Å². The van der Waals surface area contributed by atoms with Gasteiger partial charge in [-0.1, -0.05) is 24.1 Å². The normalized spacial score (nSPS) is 37.5. The number of aliphatic hydroxyl groups is 1. The fourth-order valence-electron chi connectivity index (χ4n) is 5.35. The zero-order valence-electron chi connectivity index (χ0n) is 19.1. The number of ether oxygens (including phenoxy) is 3. The molecule has 0 aromatic heterocycles. The summed E-state index contributed by atoms with van der Waals surface area (Å²) in [6, 6.07) is 0. The third-order valence-electron chi connectivity index (χ3n) is 7.05. The molecule has 2 aliphatic carbocycles. The summed E-state index contributed by atoms with van der Waals surface area (Å²) < 4.78 is 16.9. The lowest BCUT2D eigenvalue weighted by molar-refractivity contribution is -0.181. The van der Waals surface area contributed by atoms with Gasteiger partial charge in [0.2, 0.25) is 0 Å². The number of carbonyl (C=O) groups excluding carboxylic acids is 3. The molecule has 0 fully saturated rings. The van der Waals surface area contributed by atoms with Gasteiger partial charge < -0.3 is 19.3 Å². The van der Waals surface area contributed by atoms with Crippen molar-refractivity contribution in [1.82, 2.24) is 0 Å². The van der Waals surface area contributed by atoms with Crippen molar-refractivity contribution in [1.29, 1.82) is 0 Å². The minimum atomic E-state index is -1.80. The first-order valence-corrected chi connectivity index (χ1v) is 10.7. The van der Waals surface area contributed by atoms with Gasteiger partial charge in [-0.05, 0) is 52.0 Å². The molecule has 1 heterocycles. The van der Waals surface area contributed by atoms with Gasteiger partial charge in [-0.25, -0.2) is 4.79 Å². The lowest BCUT2D eigenvalue weighted by atomic mass is 9.59. The van der Waals surface area contributed by atoms with E-state index in [2.05, 4.69) is 0 Å². The smallest absolute Gasteiger partial charge is 0.336 e. The van der Waals surface area contributed by atoms with E-state index in [0.717, 1.165) is 11.1 Å². The molecule has 1 N–H and O–H groups in total. The summed E-state index contributed by atoms with van der Waals surface area (Å²) in [6.45, 7) is 10.2. The first-order valence-electron chi connectivity index (χ1n) is 10.7. The van der Waals surface area contributed by atoms with Crippen molar-refractivity contribution in [3.05, 3.63) is 34.4 Å². The molecular formula is C24H32O7. The lowest BCUT2D eigenvalue weighted by Gasteiger charge is -2.50. The summed E-state index contributed by atoms with van der Waals surface area (Å²) in [5.74, 6) is -3.39. The van der Waals surface area contributed by atoms with Gasteiger partial charge in [0.1, 0.15) is 12.2 Å². The number of rotatable bonds is 2. The molecule has 0 aromatic carbocycles. The predicted molar refractivity (Wildman–Crippen MR) is 112 cm³/mol. The number of carbonyl (C=O) groups is 3. The predicted octanol–water partition coefficient (Wildman–Crippen LogP) is 3.51. The Labute approximate surface area is 183 Å². The molecular weight excluding hydrogens is 400 g/mol. The van der Waals surface area contributed by atoms with E-state index in [1.807, 2.05) is 26.8 Å². The number of allylic oxidation sites excluding steroid dienone is 2. The maximum atomic E-state index is 12.4. The fourth-order valence-corrected chi connectivity index (χ4v) is 5.35. The van der Waals surface area contributed by atoms with Crippen molar-refractivity contribution in [3.63, 3.8) is 0 Å². The molecule has 1 aliphatic heterocycles. The van der Waals surface area contributed by atoms with E-state index in [9.17, 15) is 19.5 Å². The average molecular weight is 433 g/mol. The number of fused-ring (bicyclic) bond motifs is 2. The highest BCUT2D eigenvalue weighted by Crippen LogP contribution is 2.53. The molecule has 170 valence electrons. The second-order valence-corrected chi connectivity index (χ2v) is 9.22. The summed E-state index contributed by atoms with van der Waals surface area (Å²) in [5.41, 5.74) is 1.96. The van der Waals surface area contributed by atoms with Crippen LogP contribution in [0.2, 0.25) is 0 Å². The van der Waals surface area contributed by atoms with Crippen LogP contribution in [0.5, 0.6) is 0 Å². The van der Waals surface area contributed by atoms with Gasteiger partial charge in [0.25, 0.3) is 5.79 Å². The van der Waals surface area contributed by atoms with E-state index in [0.29, 0.717) is 36.8 Å². The molecule has 0 spiro atoms. The molecule has 0 amide bonds. The highest BCUT2D eigenvalue weighted by Gasteiger charge is 2.55. The van der Waals surface area contributed by atoms with Gasteiger partial charge in [0, 0.05) is 36.8 Å². The molecule has 7 heteroatoms. The Kier molecular flexibility index (Phi) is 6.20. The summed E-state index contributed by atoms with van der Waals surface area (Å²) in [5, 5.41) is 11.3. The van der Waals surface area contributed by atoms with E-state index in [1.54, 1.807) is 13.0 Å². The Morgan fingerprint density at radius 3 is 2.35 bits per heavy atom. The van der Waals surface area contributed by atoms with Gasteiger partial charge in [-0.3, -0.25) is 9.59 Å². The van der Waals surface area contributed by atoms with Gasteiger partial charge in [-0.15, -0.1) is 0 Å². The van der Waals surface area contributed by atoms with Crippen molar-refractivity contribution >= 4 is 17.9 Å². The number of hydrogen-bond donors (Lipinski definition) is 1. The Bertz CT molecular complexity index is 896. The fraction of sp³-hybridized carbons (Fsp3) is 0.625. The second kappa shape index (κ2) is 8.26. The van der Waals surface area contributed by atoms with Gasteiger partial charge in [0.15, 0.2) is 0 Å². The number of hydrogen-bond acceptors (Lipinski definition) is 7. The minimum Gasteiger partial charge on any atom is -0.462 e. The molecule has 3 rings (SSSR count). The van der Waals surface area contributed by atoms with Crippen molar-refractivity contribution in [2.45, 2.75) is 85.2 Å². The first kappa shape index (κ1) is 23.3. The van der Waals surface area contributed by atoms with Crippen LogP contribution in [0.15, 0.2) is 34.4 Å². The topological polar surface area (TPSA) is 99.1 Å². The maximum absolute atomic E-state index is 12.4.